The van der Waals surface area contributed by atoms with Crippen LogP contribution < -0.4 is 5.32 Å². The fourth-order valence-electron chi connectivity index (χ4n) is 3.64. The molecule has 0 atom stereocenters. The maximum absolute atomic E-state index is 12.7. The average Bonchev–Trinajstić information content (AvgIpc) is 3.40. The number of carbonyl (C=O) groups is 2. The topological polar surface area (TPSA) is 58.6 Å². The molecule has 0 fully saturated rings. The monoisotopic (exact) mass is 452 g/mol. The number of carbonyl (C=O) groups excluding carboxylic acids is 2. The number of thiophene rings is 2. The summed E-state index contributed by atoms with van der Waals surface area (Å²) in [6.07, 6.45) is 4.04. The van der Waals surface area contributed by atoms with E-state index in [9.17, 15) is 9.59 Å². The molecule has 3 aromatic rings. The van der Waals surface area contributed by atoms with Crippen LogP contribution in [0, 0.1) is 0 Å². The molecule has 1 N–H and O–H groups in total. The number of anilines is 1. The van der Waals surface area contributed by atoms with E-state index in [1.165, 1.54) is 23.0 Å². The van der Waals surface area contributed by atoms with Crippen molar-refractivity contribution in [1.29, 1.82) is 0 Å². The van der Waals surface area contributed by atoms with Gasteiger partial charge in [0.15, 0.2) is 0 Å². The van der Waals surface area contributed by atoms with Gasteiger partial charge in [0.1, 0.15) is 5.00 Å². The van der Waals surface area contributed by atoms with Crippen LogP contribution in [0.4, 0.5) is 5.00 Å². The van der Waals surface area contributed by atoms with Crippen LogP contribution in [0.25, 0.3) is 6.08 Å². The second-order valence-corrected chi connectivity index (χ2v) is 9.30. The number of rotatable bonds is 7. The molecule has 1 aliphatic rings. The highest BCUT2D eigenvalue weighted by atomic mass is 32.1. The Morgan fingerprint density at radius 3 is 2.77 bits per heavy atom. The number of amides is 1. The van der Waals surface area contributed by atoms with Gasteiger partial charge in [0.25, 0.3) is 0 Å². The quantitative estimate of drug-likeness (QED) is 0.396. The Hall–Kier alpha value is -2.74. The van der Waals surface area contributed by atoms with Crippen molar-refractivity contribution in [2.45, 2.75) is 26.4 Å². The summed E-state index contributed by atoms with van der Waals surface area (Å²) in [5, 5.41) is 5.45. The van der Waals surface area contributed by atoms with Gasteiger partial charge in [-0.2, -0.15) is 0 Å². The molecule has 0 saturated carbocycles. The number of esters is 1. The highest BCUT2D eigenvalue weighted by Gasteiger charge is 2.29. The summed E-state index contributed by atoms with van der Waals surface area (Å²) in [4.78, 5) is 29.7. The summed E-state index contributed by atoms with van der Waals surface area (Å²) in [5.41, 5.74) is 2.78. The Balaban J connectivity index is 1.54. The lowest BCUT2D eigenvalue weighted by Gasteiger charge is -2.27. The van der Waals surface area contributed by atoms with E-state index in [0.29, 0.717) is 17.2 Å². The van der Waals surface area contributed by atoms with Gasteiger partial charge in [-0.1, -0.05) is 36.4 Å². The second-order valence-electron chi connectivity index (χ2n) is 7.21. The minimum absolute atomic E-state index is 0.251. The third kappa shape index (κ3) is 5.31. The summed E-state index contributed by atoms with van der Waals surface area (Å²) in [5.74, 6) is -0.618. The summed E-state index contributed by atoms with van der Waals surface area (Å²) in [7, 11) is 0. The molecular formula is C24H24N2O3S2. The molecule has 1 aromatic carbocycles. The Kier molecular flexibility index (Phi) is 6.96. The predicted octanol–water partition coefficient (Wildman–Crippen LogP) is 5.20. The van der Waals surface area contributed by atoms with Gasteiger partial charge in [0.2, 0.25) is 5.91 Å². The molecule has 0 spiro atoms. The van der Waals surface area contributed by atoms with E-state index in [2.05, 4.69) is 22.3 Å². The second kappa shape index (κ2) is 10.0. The van der Waals surface area contributed by atoms with Crippen LogP contribution in [0.2, 0.25) is 0 Å². The number of hydrogen-bond acceptors (Lipinski definition) is 6. The van der Waals surface area contributed by atoms with Gasteiger partial charge in [-0.3, -0.25) is 9.69 Å². The number of hydrogen-bond donors (Lipinski definition) is 1. The molecule has 0 radical (unpaired) electrons. The Labute approximate surface area is 190 Å². The molecule has 0 saturated heterocycles. The van der Waals surface area contributed by atoms with Crippen molar-refractivity contribution in [2.24, 2.45) is 0 Å². The van der Waals surface area contributed by atoms with Crippen LogP contribution in [0.15, 0.2) is 53.9 Å². The Morgan fingerprint density at radius 1 is 1.19 bits per heavy atom. The Bertz CT molecular complexity index is 1070. The summed E-state index contributed by atoms with van der Waals surface area (Å²) < 4.78 is 5.30. The van der Waals surface area contributed by atoms with Gasteiger partial charge in [-0.15, -0.1) is 22.7 Å². The fourth-order valence-corrected chi connectivity index (χ4v) is 5.54. The van der Waals surface area contributed by atoms with Crippen LogP contribution in [-0.2, 0) is 29.0 Å². The lowest BCUT2D eigenvalue weighted by atomic mass is 10.0. The van der Waals surface area contributed by atoms with E-state index >= 15 is 0 Å². The van der Waals surface area contributed by atoms with Crippen molar-refractivity contribution in [3.8, 4) is 0 Å². The third-order valence-electron chi connectivity index (χ3n) is 5.04. The normalized spacial score (nSPS) is 13.8. The van der Waals surface area contributed by atoms with Gasteiger partial charge >= 0.3 is 5.97 Å². The van der Waals surface area contributed by atoms with Crippen LogP contribution >= 0.6 is 22.7 Å². The molecule has 160 valence electrons. The highest BCUT2D eigenvalue weighted by Crippen LogP contribution is 2.38. The molecule has 1 aliphatic heterocycles. The smallest absolute Gasteiger partial charge is 0.341 e. The third-order valence-corrected chi connectivity index (χ3v) is 7.01. The van der Waals surface area contributed by atoms with Crippen molar-refractivity contribution in [1.82, 2.24) is 4.90 Å². The van der Waals surface area contributed by atoms with Crippen molar-refractivity contribution in [3.63, 3.8) is 0 Å². The first kappa shape index (κ1) is 21.5. The van der Waals surface area contributed by atoms with Gasteiger partial charge in [-0.25, -0.2) is 4.79 Å². The van der Waals surface area contributed by atoms with E-state index in [1.807, 2.05) is 35.7 Å². The molecular weight excluding hydrogens is 428 g/mol. The molecule has 0 unspecified atom stereocenters. The SMILES string of the molecule is CCOC(=O)c1c(NC(=O)C=Cc2cccs2)sc2c1CCN(Cc1ccccc1)C2. The molecule has 31 heavy (non-hydrogen) atoms. The van der Waals surface area contributed by atoms with Gasteiger partial charge in [0, 0.05) is 35.5 Å². The largest absolute Gasteiger partial charge is 0.462 e. The fraction of sp³-hybridized carbons (Fsp3) is 0.250. The van der Waals surface area contributed by atoms with E-state index in [1.54, 1.807) is 24.3 Å². The summed E-state index contributed by atoms with van der Waals surface area (Å²) in [6.45, 7) is 4.56. The number of ether oxygens (including phenoxy) is 1. The van der Waals surface area contributed by atoms with E-state index < -0.39 is 0 Å². The number of benzene rings is 1. The standard InChI is InChI=1S/C24H24N2O3S2/c1-2-29-24(28)22-19-12-13-26(15-17-7-4-3-5-8-17)16-20(19)31-23(22)25-21(27)11-10-18-9-6-14-30-18/h3-11,14H,2,12-13,15-16H2,1H3,(H,25,27). The molecule has 7 heteroatoms. The van der Waals surface area contributed by atoms with E-state index in [4.69, 9.17) is 4.74 Å². The average molecular weight is 453 g/mol. The maximum Gasteiger partial charge on any atom is 0.341 e. The highest BCUT2D eigenvalue weighted by molar-refractivity contribution is 7.17. The van der Waals surface area contributed by atoms with E-state index in [0.717, 1.165) is 41.4 Å². The molecule has 3 heterocycles. The summed E-state index contributed by atoms with van der Waals surface area (Å²) in [6, 6.07) is 14.3. The first-order valence-electron chi connectivity index (χ1n) is 10.2. The minimum Gasteiger partial charge on any atom is -0.462 e. The van der Waals surface area contributed by atoms with Gasteiger partial charge in [-0.05, 0) is 42.0 Å². The van der Waals surface area contributed by atoms with Crippen LogP contribution in [0.1, 0.15) is 38.2 Å². The Morgan fingerprint density at radius 2 is 2.03 bits per heavy atom. The summed E-state index contributed by atoms with van der Waals surface area (Å²) >= 11 is 3.04. The van der Waals surface area contributed by atoms with Crippen molar-refractivity contribution in [3.05, 3.63) is 80.4 Å². The first-order chi connectivity index (χ1) is 15.1. The minimum atomic E-state index is -0.367. The number of fused-ring (bicyclic) bond motifs is 1. The molecule has 4 rings (SSSR count). The molecule has 0 bridgehead atoms. The van der Waals surface area contributed by atoms with Crippen LogP contribution in [0.5, 0.6) is 0 Å². The lowest BCUT2D eigenvalue weighted by Crippen LogP contribution is -2.29. The van der Waals surface area contributed by atoms with Crippen LogP contribution in [0.3, 0.4) is 0 Å². The molecule has 5 nitrogen and oxygen atoms in total. The van der Waals surface area contributed by atoms with E-state index in [-0.39, 0.29) is 11.9 Å². The van der Waals surface area contributed by atoms with Gasteiger partial charge < -0.3 is 10.1 Å². The molecule has 1 amide bonds. The molecule has 2 aromatic heterocycles. The maximum atomic E-state index is 12.7. The first-order valence-corrected chi connectivity index (χ1v) is 11.9. The predicted molar refractivity (Wildman–Crippen MR) is 127 cm³/mol. The molecule has 0 aliphatic carbocycles. The lowest BCUT2D eigenvalue weighted by molar-refractivity contribution is -0.111. The zero-order valence-corrected chi connectivity index (χ0v) is 18.9. The van der Waals surface area contributed by atoms with Gasteiger partial charge in [0.05, 0.1) is 12.2 Å². The zero-order chi connectivity index (χ0) is 21.6. The van der Waals surface area contributed by atoms with Crippen molar-refractivity contribution < 1.29 is 14.3 Å². The van der Waals surface area contributed by atoms with Crippen LogP contribution in [-0.4, -0.2) is 29.9 Å². The number of nitrogens with one attached hydrogen (secondary N) is 1. The zero-order valence-electron chi connectivity index (χ0n) is 17.3. The van der Waals surface area contributed by atoms with Crippen molar-refractivity contribution in [2.75, 3.05) is 18.5 Å². The number of nitrogens with zero attached hydrogens (tertiary/aromatic N) is 1. The van der Waals surface area contributed by atoms with Crippen molar-refractivity contribution >= 4 is 45.6 Å².